The van der Waals surface area contributed by atoms with Crippen LogP contribution >= 0.6 is 23.1 Å². The highest BCUT2D eigenvalue weighted by molar-refractivity contribution is 7.99. The van der Waals surface area contributed by atoms with Gasteiger partial charge in [0.1, 0.15) is 11.6 Å². The van der Waals surface area contributed by atoms with E-state index < -0.39 is 0 Å². The fourth-order valence-corrected chi connectivity index (χ4v) is 5.14. The predicted molar refractivity (Wildman–Crippen MR) is 133 cm³/mol. The molecule has 0 N–H and O–H groups in total. The number of ether oxygens (including phenoxy) is 1. The number of halogens is 1. The number of amides is 1. The third kappa shape index (κ3) is 6.30. The zero-order valence-corrected chi connectivity index (χ0v) is 19.9. The zero-order chi connectivity index (χ0) is 23.0. The lowest BCUT2D eigenvalue weighted by molar-refractivity contribution is -0.118. The minimum absolute atomic E-state index is 0.0237. The van der Waals surface area contributed by atoms with E-state index in [9.17, 15) is 9.18 Å². The summed E-state index contributed by atoms with van der Waals surface area (Å²) in [5.74, 6) is 1.35. The highest BCUT2D eigenvalue weighted by Gasteiger charge is 2.20. The Bertz CT molecular complexity index is 1200. The van der Waals surface area contributed by atoms with Crippen molar-refractivity contribution in [1.29, 1.82) is 0 Å². The third-order valence-corrected chi connectivity index (χ3v) is 7.04. The quantitative estimate of drug-likeness (QED) is 0.196. The van der Waals surface area contributed by atoms with Crippen LogP contribution in [0, 0.1) is 5.82 Å². The van der Waals surface area contributed by atoms with E-state index in [0.717, 1.165) is 32.2 Å². The number of carbonyl (C=O) groups excluding carboxylic acids is 1. The molecule has 4 rings (SSSR count). The Kier molecular flexibility index (Phi) is 7.91. The maximum Gasteiger partial charge on any atom is 0.229 e. The molecule has 2 heterocycles. The van der Waals surface area contributed by atoms with Gasteiger partial charge in [-0.15, -0.1) is 11.8 Å². The first-order valence-corrected chi connectivity index (χ1v) is 12.5. The SMILES string of the molecule is CCOc1ccc2nc(N(Cc3ccncc3)C(=O)CCCSc3ccc(F)cc3)sc2c1. The fraction of sp³-hybridized carbons (Fsp3) is 0.240. The number of pyridine rings is 1. The van der Waals surface area contributed by atoms with Crippen molar-refractivity contribution in [3.05, 3.63) is 78.4 Å². The molecule has 0 unspecified atom stereocenters. The van der Waals surface area contributed by atoms with Gasteiger partial charge >= 0.3 is 0 Å². The van der Waals surface area contributed by atoms with Crippen LogP contribution in [0.3, 0.4) is 0 Å². The van der Waals surface area contributed by atoms with Gasteiger partial charge in [0, 0.05) is 23.7 Å². The number of carbonyl (C=O) groups is 1. The average Bonchev–Trinajstić information content (AvgIpc) is 3.25. The largest absolute Gasteiger partial charge is 0.494 e. The monoisotopic (exact) mass is 481 g/mol. The van der Waals surface area contributed by atoms with Crippen LogP contribution in [-0.2, 0) is 11.3 Å². The number of benzene rings is 2. The lowest BCUT2D eigenvalue weighted by atomic mass is 10.2. The van der Waals surface area contributed by atoms with Crippen molar-refractivity contribution in [2.75, 3.05) is 17.3 Å². The molecule has 0 saturated carbocycles. The summed E-state index contributed by atoms with van der Waals surface area (Å²) in [6.07, 6.45) is 4.57. The number of anilines is 1. The van der Waals surface area contributed by atoms with E-state index in [-0.39, 0.29) is 11.7 Å². The number of aromatic nitrogens is 2. The van der Waals surface area contributed by atoms with Crippen molar-refractivity contribution in [1.82, 2.24) is 9.97 Å². The molecule has 0 atom stereocenters. The number of fused-ring (bicyclic) bond motifs is 1. The standard InChI is InChI=1S/C25H24FN3O2S2/c1-2-31-20-7-10-22-23(16-20)33-25(28-22)29(17-18-11-13-27-14-12-18)24(30)4-3-15-32-21-8-5-19(26)6-9-21/h5-14,16H,2-4,15,17H2,1H3. The van der Waals surface area contributed by atoms with Gasteiger partial charge in [-0.2, -0.15) is 0 Å². The van der Waals surface area contributed by atoms with E-state index in [1.807, 2.05) is 37.3 Å². The van der Waals surface area contributed by atoms with Gasteiger partial charge in [0.05, 0.1) is 23.4 Å². The molecule has 4 aromatic rings. The molecule has 0 radical (unpaired) electrons. The Morgan fingerprint density at radius 3 is 2.67 bits per heavy atom. The van der Waals surface area contributed by atoms with E-state index in [1.165, 1.54) is 23.5 Å². The van der Waals surface area contributed by atoms with Gasteiger partial charge in [0.2, 0.25) is 5.91 Å². The molecule has 0 aliphatic carbocycles. The fourth-order valence-electron chi connectivity index (χ4n) is 3.28. The number of thioether (sulfide) groups is 1. The van der Waals surface area contributed by atoms with Crippen molar-refractivity contribution in [3.8, 4) is 5.75 Å². The third-order valence-electron chi connectivity index (χ3n) is 4.90. The van der Waals surface area contributed by atoms with Crippen LogP contribution in [0.4, 0.5) is 9.52 Å². The highest BCUT2D eigenvalue weighted by atomic mass is 32.2. The summed E-state index contributed by atoms with van der Waals surface area (Å²) in [5.41, 5.74) is 1.84. The molecule has 0 aliphatic heterocycles. The van der Waals surface area contributed by atoms with Crippen LogP contribution in [0.5, 0.6) is 5.75 Å². The molecule has 170 valence electrons. The van der Waals surface area contributed by atoms with Crippen molar-refractivity contribution < 1.29 is 13.9 Å². The van der Waals surface area contributed by atoms with Crippen molar-refractivity contribution in [3.63, 3.8) is 0 Å². The molecule has 0 bridgehead atoms. The Balaban J connectivity index is 1.47. The molecule has 0 aliphatic rings. The molecule has 5 nitrogen and oxygen atoms in total. The Morgan fingerprint density at radius 1 is 1.12 bits per heavy atom. The van der Waals surface area contributed by atoms with Gasteiger partial charge in [-0.05, 0) is 79.3 Å². The topological polar surface area (TPSA) is 55.3 Å². The second-order valence-electron chi connectivity index (χ2n) is 7.30. The van der Waals surface area contributed by atoms with Crippen LogP contribution in [0.15, 0.2) is 71.9 Å². The molecule has 2 aromatic carbocycles. The Hall–Kier alpha value is -2.97. The van der Waals surface area contributed by atoms with E-state index >= 15 is 0 Å². The predicted octanol–water partition coefficient (Wildman–Crippen LogP) is 6.33. The van der Waals surface area contributed by atoms with Gasteiger partial charge in [-0.1, -0.05) is 11.3 Å². The van der Waals surface area contributed by atoms with Crippen molar-refractivity contribution in [2.24, 2.45) is 0 Å². The van der Waals surface area contributed by atoms with Gasteiger partial charge < -0.3 is 4.74 Å². The van der Waals surface area contributed by atoms with Crippen LogP contribution < -0.4 is 9.64 Å². The van der Waals surface area contributed by atoms with Crippen LogP contribution in [0.25, 0.3) is 10.2 Å². The van der Waals surface area contributed by atoms with Crippen LogP contribution in [0.2, 0.25) is 0 Å². The zero-order valence-electron chi connectivity index (χ0n) is 18.2. The molecular formula is C25H24FN3O2S2. The summed E-state index contributed by atoms with van der Waals surface area (Å²) in [7, 11) is 0. The highest BCUT2D eigenvalue weighted by Crippen LogP contribution is 2.33. The molecular weight excluding hydrogens is 457 g/mol. The van der Waals surface area contributed by atoms with Gasteiger partial charge in [0.15, 0.2) is 5.13 Å². The van der Waals surface area contributed by atoms with Gasteiger partial charge in [-0.3, -0.25) is 14.7 Å². The number of hydrogen-bond acceptors (Lipinski definition) is 6. The molecule has 2 aromatic heterocycles. The first-order chi connectivity index (χ1) is 16.1. The summed E-state index contributed by atoms with van der Waals surface area (Å²) >= 11 is 3.11. The average molecular weight is 482 g/mol. The number of nitrogens with zero attached hydrogens (tertiary/aromatic N) is 3. The van der Waals surface area contributed by atoms with E-state index in [0.29, 0.717) is 31.1 Å². The minimum atomic E-state index is -0.245. The summed E-state index contributed by atoms with van der Waals surface area (Å²) in [5, 5.41) is 0.673. The van der Waals surface area contributed by atoms with E-state index in [4.69, 9.17) is 9.72 Å². The molecule has 1 amide bonds. The number of hydrogen-bond donors (Lipinski definition) is 0. The smallest absolute Gasteiger partial charge is 0.229 e. The molecule has 8 heteroatoms. The Labute approximate surface area is 200 Å². The van der Waals surface area contributed by atoms with Gasteiger partial charge in [-0.25, -0.2) is 9.37 Å². The first-order valence-electron chi connectivity index (χ1n) is 10.7. The molecule has 0 spiro atoms. The number of thiazole rings is 1. The lowest BCUT2D eigenvalue weighted by Crippen LogP contribution is -2.30. The van der Waals surface area contributed by atoms with E-state index in [1.54, 1.807) is 41.2 Å². The second kappa shape index (κ2) is 11.2. The maximum absolute atomic E-state index is 13.2. The van der Waals surface area contributed by atoms with Crippen molar-refractivity contribution in [2.45, 2.75) is 31.2 Å². The summed E-state index contributed by atoms with van der Waals surface area (Å²) < 4.78 is 19.7. The maximum atomic E-state index is 13.2. The molecule has 0 fully saturated rings. The summed E-state index contributed by atoms with van der Waals surface area (Å²) in [6, 6.07) is 16.0. The van der Waals surface area contributed by atoms with Crippen LogP contribution in [-0.4, -0.2) is 28.2 Å². The minimum Gasteiger partial charge on any atom is -0.494 e. The van der Waals surface area contributed by atoms with Gasteiger partial charge in [0.25, 0.3) is 0 Å². The second-order valence-corrected chi connectivity index (χ2v) is 9.48. The first kappa shape index (κ1) is 23.2. The molecule has 0 saturated heterocycles. The Morgan fingerprint density at radius 2 is 1.91 bits per heavy atom. The van der Waals surface area contributed by atoms with E-state index in [2.05, 4.69) is 4.98 Å². The molecule has 33 heavy (non-hydrogen) atoms. The van der Waals surface area contributed by atoms with Crippen molar-refractivity contribution >= 4 is 44.4 Å². The number of rotatable bonds is 10. The lowest BCUT2D eigenvalue weighted by Gasteiger charge is -2.20. The normalized spacial score (nSPS) is 11.0. The summed E-state index contributed by atoms with van der Waals surface area (Å²) in [4.78, 5) is 24.8. The van der Waals surface area contributed by atoms with Crippen LogP contribution in [0.1, 0.15) is 25.3 Å². The summed E-state index contributed by atoms with van der Waals surface area (Å²) in [6.45, 7) is 2.98.